The molecule has 0 aliphatic heterocycles. The highest BCUT2D eigenvalue weighted by atomic mass is 16.5. The molecule has 1 amide bonds. The summed E-state index contributed by atoms with van der Waals surface area (Å²) in [4.78, 5) is 12.2. The van der Waals surface area contributed by atoms with E-state index >= 15 is 0 Å². The average molecular weight is 405 g/mol. The number of aliphatic hydroxyl groups is 2. The van der Waals surface area contributed by atoms with Crippen molar-refractivity contribution in [1.82, 2.24) is 0 Å². The Morgan fingerprint density at radius 1 is 1.00 bits per heavy atom. The zero-order valence-electron chi connectivity index (χ0n) is 16.7. The highest BCUT2D eigenvalue weighted by Crippen LogP contribution is 2.33. The van der Waals surface area contributed by atoms with Crippen molar-refractivity contribution < 1.29 is 34.3 Å². The van der Waals surface area contributed by atoms with E-state index in [0.29, 0.717) is 17.1 Å². The van der Waals surface area contributed by atoms with Gasteiger partial charge in [0, 0.05) is 18.9 Å². The summed E-state index contributed by atoms with van der Waals surface area (Å²) in [7, 11) is 4.42. The number of hydrogen-bond donors (Lipinski definition) is 4. The third kappa shape index (κ3) is 4.90. The van der Waals surface area contributed by atoms with E-state index in [1.165, 1.54) is 33.5 Å². The van der Waals surface area contributed by atoms with Crippen LogP contribution in [-0.2, 0) is 17.6 Å². The molecule has 2 aromatic carbocycles. The van der Waals surface area contributed by atoms with Gasteiger partial charge in [-0.15, -0.1) is 0 Å². The van der Waals surface area contributed by atoms with Crippen LogP contribution in [-0.4, -0.2) is 54.8 Å². The van der Waals surface area contributed by atoms with Crippen molar-refractivity contribution in [3.63, 3.8) is 0 Å². The van der Waals surface area contributed by atoms with Crippen molar-refractivity contribution >= 4 is 5.91 Å². The molecule has 0 unspecified atom stereocenters. The molecule has 5 N–H and O–H groups in total. The van der Waals surface area contributed by atoms with Crippen LogP contribution in [0.2, 0.25) is 0 Å². The Morgan fingerprint density at radius 2 is 1.59 bits per heavy atom. The number of primary amides is 1. The summed E-state index contributed by atoms with van der Waals surface area (Å²) in [5.41, 5.74) is 4.75. The lowest BCUT2D eigenvalue weighted by Crippen LogP contribution is -2.53. The Balaban J connectivity index is 2.34. The number of amides is 1. The number of phenolic OH excluding ortho intramolecular Hbond substituents is 1. The van der Waals surface area contributed by atoms with Crippen LogP contribution in [0.1, 0.15) is 11.1 Å². The Labute approximate surface area is 169 Å². The molecule has 0 saturated heterocycles. The maximum atomic E-state index is 12.2. The predicted molar refractivity (Wildman–Crippen MR) is 106 cm³/mol. The van der Waals surface area contributed by atoms with E-state index in [1.807, 2.05) is 0 Å². The van der Waals surface area contributed by atoms with Gasteiger partial charge in [-0.3, -0.25) is 4.79 Å². The fraction of sp³-hybridized carbons (Fsp3) is 0.381. The van der Waals surface area contributed by atoms with Gasteiger partial charge in [0.1, 0.15) is 0 Å². The van der Waals surface area contributed by atoms with Crippen molar-refractivity contribution in [3.8, 4) is 23.0 Å². The van der Waals surface area contributed by atoms with Gasteiger partial charge in [-0.05, 0) is 41.8 Å². The summed E-state index contributed by atoms with van der Waals surface area (Å²) < 4.78 is 15.6. The van der Waals surface area contributed by atoms with E-state index in [2.05, 4.69) is 0 Å². The first kappa shape index (κ1) is 22.3. The van der Waals surface area contributed by atoms with Crippen molar-refractivity contribution in [2.45, 2.75) is 18.4 Å². The maximum Gasteiger partial charge on any atom is 0.250 e. The van der Waals surface area contributed by atoms with Crippen molar-refractivity contribution in [1.29, 1.82) is 0 Å². The number of ether oxygens (including phenoxy) is 3. The summed E-state index contributed by atoms with van der Waals surface area (Å²) in [5.74, 6) is -0.662. The molecule has 158 valence electrons. The van der Waals surface area contributed by atoms with Crippen molar-refractivity contribution in [3.05, 3.63) is 47.5 Å². The molecule has 2 atom stereocenters. The lowest BCUT2D eigenvalue weighted by atomic mass is 9.78. The second-order valence-electron chi connectivity index (χ2n) is 6.74. The number of carbonyl (C=O) groups is 1. The van der Waals surface area contributed by atoms with Crippen LogP contribution in [0.25, 0.3) is 0 Å². The van der Waals surface area contributed by atoms with Crippen molar-refractivity contribution in [2.75, 3.05) is 27.9 Å². The number of aliphatic hydroxyl groups excluding tert-OH is 1. The highest BCUT2D eigenvalue weighted by molar-refractivity contribution is 5.84. The molecule has 0 bridgehead atoms. The zero-order chi connectivity index (χ0) is 21.6. The van der Waals surface area contributed by atoms with Crippen LogP contribution >= 0.6 is 0 Å². The Kier molecular flexibility index (Phi) is 7.30. The van der Waals surface area contributed by atoms with Crippen LogP contribution in [0.5, 0.6) is 23.0 Å². The molecule has 8 heteroatoms. The smallest absolute Gasteiger partial charge is 0.250 e. The SMILES string of the molecule is COc1cc(C[C@@](O)(C(N)=O)[C@H](CO)Cc2ccc(OC)c(OC)c2)ccc1O. The standard InChI is InChI=1S/C21H27NO7/c1-27-17-7-5-13(9-19(17)29-3)8-15(12-23)21(26,20(22)25)11-14-4-6-16(24)18(10-14)28-2/h4-7,9-10,15,23-24,26H,8,11-12H2,1-3H3,(H2,22,25)/t15-,21-/m0/s1. The molecule has 29 heavy (non-hydrogen) atoms. The molecule has 0 spiro atoms. The number of carbonyl (C=O) groups excluding carboxylic acids is 1. The Morgan fingerprint density at radius 3 is 2.14 bits per heavy atom. The maximum absolute atomic E-state index is 12.2. The first-order valence-electron chi connectivity index (χ1n) is 8.99. The van der Waals surface area contributed by atoms with Crippen molar-refractivity contribution in [2.24, 2.45) is 11.7 Å². The normalized spacial score (nSPS) is 14.0. The van der Waals surface area contributed by atoms with Gasteiger partial charge in [-0.25, -0.2) is 0 Å². The second-order valence-corrected chi connectivity index (χ2v) is 6.74. The van der Waals surface area contributed by atoms with E-state index < -0.39 is 24.0 Å². The van der Waals surface area contributed by atoms with Gasteiger partial charge in [-0.1, -0.05) is 12.1 Å². The minimum Gasteiger partial charge on any atom is -0.504 e. The van der Waals surface area contributed by atoms with E-state index in [4.69, 9.17) is 19.9 Å². The van der Waals surface area contributed by atoms with Gasteiger partial charge in [0.15, 0.2) is 28.6 Å². The van der Waals surface area contributed by atoms with Crippen LogP contribution in [0, 0.1) is 5.92 Å². The first-order valence-corrected chi connectivity index (χ1v) is 8.99. The summed E-state index contributed by atoms with van der Waals surface area (Å²) in [6.45, 7) is -0.469. The number of methoxy groups -OCH3 is 3. The molecule has 0 radical (unpaired) electrons. The highest BCUT2D eigenvalue weighted by Gasteiger charge is 2.42. The number of benzene rings is 2. The molecule has 8 nitrogen and oxygen atoms in total. The lowest BCUT2D eigenvalue weighted by Gasteiger charge is -2.33. The van der Waals surface area contributed by atoms with Gasteiger partial charge in [-0.2, -0.15) is 0 Å². The van der Waals surface area contributed by atoms with Gasteiger partial charge in [0.05, 0.1) is 21.3 Å². The molecule has 0 aliphatic carbocycles. The zero-order valence-corrected chi connectivity index (χ0v) is 16.7. The Bertz CT molecular complexity index is 855. The quantitative estimate of drug-likeness (QED) is 0.464. The number of hydrogen-bond acceptors (Lipinski definition) is 7. The topological polar surface area (TPSA) is 131 Å². The average Bonchev–Trinajstić information content (AvgIpc) is 2.72. The fourth-order valence-electron chi connectivity index (χ4n) is 3.25. The third-order valence-electron chi connectivity index (χ3n) is 4.97. The van der Waals surface area contributed by atoms with Gasteiger partial charge in [0.2, 0.25) is 5.91 Å². The predicted octanol–water partition coefficient (Wildman–Crippen LogP) is 1.03. The molecular weight excluding hydrogens is 378 g/mol. The fourth-order valence-corrected chi connectivity index (χ4v) is 3.25. The van der Waals surface area contributed by atoms with E-state index in [-0.39, 0.29) is 24.3 Å². The number of rotatable bonds is 10. The summed E-state index contributed by atoms with van der Waals surface area (Å²) in [5, 5.41) is 30.8. The second kappa shape index (κ2) is 9.49. The molecule has 0 aromatic heterocycles. The Hall–Kier alpha value is -2.97. The summed E-state index contributed by atoms with van der Waals surface area (Å²) >= 11 is 0. The molecule has 0 aliphatic rings. The van der Waals surface area contributed by atoms with Crippen LogP contribution < -0.4 is 19.9 Å². The van der Waals surface area contributed by atoms with E-state index in [9.17, 15) is 20.1 Å². The molecule has 2 rings (SSSR count). The van der Waals surface area contributed by atoms with Crippen LogP contribution in [0.15, 0.2) is 36.4 Å². The molecule has 2 aromatic rings. The van der Waals surface area contributed by atoms with E-state index in [1.54, 1.807) is 24.3 Å². The van der Waals surface area contributed by atoms with Crippen LogP contribution in [0.4, 0.5) is 0 Å². The minimum absolute atomic E-state index is 0.0668. The summed E-state index contributed by atoms with van der Waals surface area (Å²) in [6, 6.07) is 9.64. The number of nitrogens with two attached hydrogens (primary N) is 1. The largest absolute Gasteiger partial charge is 0.504 e. The number of aromatic hydroxyl groups is 1. The van der Waals surface area contributed by atoms with Gasteiger partial charge >= 0.3 is 0 Å². The lowest BCUT2D eigenvalue weighted by molar-refractivity contribution is -0.144. The van der Waals surface area contributed by atoms with Gasteiger partial charge < -0.3 is 35.3 Å². The molecular formula is C21H27NO7. The van der Waals surface area contributed by atoms with Crippen LogP contribution in [0.3, 0.4) is 0 Å². The minimum atomic E-state index is -2.02. The first-order chi connectivity index (χ1) is 13.8. The van der Waals surface area contributed by atoms with Gasteiger partial charge in [0.25, 0.3) is 0 Å². The summed E-state index contributed by atoms with van der Waals surface area (Å²) in [6.07, 6.45) is 0.0169. The third-order valence-corrected chi connectivity index (χ3v) is 4.97. The van der Waals surface area contributed by atoms with E-state index in [0.717, 1.165) is 5.56 Å². The monoisotopic (exact) mass is 405 g/mol. The molecule has 0 heterocycles. The number of phenols is 1. The molecule has 0 saturated carbocycles. The molecule has 0 fully saturated rings.